The quantitative estimate of drug-likeness (QED) is 0.232. The molecule has 170 valence electrons. The van der Waals surface area contributed by atoms with E-state index in [-0.39, 0.29) is 29.6 Å². The first kappa shape index (κ1) is 22.6. The fourth-order valence-corrected chi connectivity index (χ4v) is 4.74. The molecule has 0 aliphatic carbocycles. The highest BCUT2D eigenvalue weighted by atomic mass is 32.2. The van der Waals surface area contributed by atoms with Crippen LogP contribution in [0.1, 0.15) is 27.9 Å². The van der Waals surface area contributed by atoms with Crippen LogP contribution in [0, 0.1) is 5.82 Å². The first-order valence-corrected chi connectivity index (χ1v) is 11.1. The smallest absolute Gasteiger partial charge is 0.294 e. The molecule has 4 rings (SSSR count). The van der Waals surface area contributed by atoms with E-state index >= 15 is 0 Å². The number of carbonyl (C=O) groups excluding carboxylic acids is 1. The van der Waals surface area contributed by atoms with Crippen molar-refractivity contribution in [1.82, 2.24) is 14.4 Å². The number of benzene rings is 2. The van der Waals surface area contributed by atoms with Gasteiger partial charge in [-0.3, -0.25) is 9.20 Å². The summed E-state index contributed by atoms with van der Waals surface area (Å²) in [5, 5.41) is 0. The highest BCUT2D eigenvalue weighted by Gasteiger charge is 2.38. The number of hydrogen-bond acceptors (Lipinski definition) is 5. The summed E-state index contributed by atoms with van der Waals surface area (Å²) >= 11 is 0. The van der Waals surface area contributed by atoms with Gasteiger partial charge in [0.2, 0.25) is 15.6 Å². The van der Waals surface area contributed by atoms with Crippen molar-refractivity contribution in [1.29, 1.82) is 0 Å². The summed E-state index contributed by atoms with van der Waals surface area (Å²) in [6.45, 7) is 0. The van der Waals surface area contributed by atoms with E-state index in [0.29, 0.717) is 29.0 Å². The lowest BCUT2D eigenvalue weighted by molar-refractivity contribution is -0.140. The number of rotatable bonds is 6. The molecule has 0 amide bonds. The van der Waals surface area contributed by atoms with Gasteiger partial charge in [-0.2, -0.15) is 13.2 Å². The average molecular weight is 477 g/mol. The minimum absolute atomic E-state index is 0.115. The van der Waals surface area contributed by atoms with Gasteiger partial charge in [0.25, 0.3) is 0 Å². The molecule has 4 aromatic rings. The van der Waals surface area contributed by atoms with E-state index in [1.54, 1.807) is 23.0 Å². The number of aryl methyl sites for hydroxylation is 1. The third kappa shape index (κ3) is 4.63. The molecule has 11 heteroatoms. The first-order valence-electron chi connectivity index (χ1n) is 9.58. The second-order valence-electron chi connectivity index (χ2n) is 7.19. The van der Waals surface area contributed by atoms with Gasteiger partial charge in [0.05, 0.1) is 20.9 Å². The summed E-state index contributed by atoms with van der Waals surface area (Å²) in [6, 6.07) is 6.60. The lowest BCUT2D eigenvalue weighted by Crippen LogP contribution is -2.14. The summed E-state index contributed by atoms with van der Waals surface area (Å²) in [6.07, 6.45) is 1.59. The topological polar surface area (TPSA) is 81.4 Å². The first-order chi connectivity index (χ1) is 15.6. The zero-order valence-electron chi connectivity index (χ0n) is 16.8. The van der Waals surface area contributed by atoms with Gasteiger partial charge >= 0.3 is 6.18 Å². The van der Waals surface area contributed by atoms with Crippen LogP contribution in [-0.4, -0.2) is 28.6 Å². The molecule has 0 aliphatic rings. The summed E-state index contributed by atoms with van der Waals surface area (Å²) in [5.74, 6) is -0.919. The number of nitrogens with zero attached hydrogens (tertiary/aromatic N) is 3. The maximum Gasteiger partial charge on any atom is 0.417 e. The van der Waals surface area contributed by atoms with Crippen molar-refractivity contribution >= 4 is 21.4 Å². The van der Waals surface area contributed by atoms with Crippen molar-refractivity contribution in [2.24, 2.45) is 0 Å². The number of hydrogen-bond donors (Lipinski definition) is 0. The van der Waals surface area contributed by atoms with Gasteiger partial charge in [-0.05, 0) is 42.3 Å². The Morgan fingerprint density at radius 3 is 2.45 bits per heavy atom. The predicted molar refractivity (Wildman–Crippen MR) is 109 cm³/mol. The molecular formula is C22H15F4N3O3S. The van der Waals surface area contributed by atoms with Gasteiger partial charge in [0.15, 0.2) is 5.78 Å². The number of halogens is 4. The Bertz CT molecular complexity index is 1450. The lowest BCUT2D eigenvalue weighted by atomic mass is 10.0. The number of imidazole rings is 1. The maximum absolute atomic E-state index is 13.3. The Morgan fingerprint density at radius 1 is 1.03 bits per heavy atom. The molecule has 0 bridgehead atoms. The van der Waals surface area contributed by atoms with Crippen LogP contribution in [0.4, 0.5) is 17.6 Å². The summed E-state index contributed by atoms with van der Waals surface area (Å²) in [7, 11) is -4.55. The monoisotopic (exact) mass is 477 g/mol. The van der Waals surface area contributed by atoms with E-state index in [2.05, 4.69) is 9.97 Å². The summed E-state index contributed by atoms with van der Waals surface area (Å²) in [4.78, 5) is 19.1. The highest BCUT2D eigenvalue weighted by molar-refractivity contribution is 7.91. The normalized spacial score (nSPS) is 12.2. The van der Waals surface area contributed by atoms with Crippen LogP contribution in [0.5, 0.6) is 0 Å². The number of alkyl halides is 3. The summed E-state index contributed by atoms with van der Waals surface area (Å²) < 4.78 is 80.2. The predicted octanol–water partition coefficient (Wildman–Crippen LogP) is 4.54. The van der Waals surface area contributed by atoms with E-state index in [0.717, 1.165) is 12.1 Å². The lowest BCUT2D eigenvalue weighted by Gasteiger charge is -2.13. The maximum atomic E-state index is 13.3. The van der Waals surface area contributed by atoms with E-state index in [1.165, 1.54) is 18.3 Å². The van der Waals surface area contributed by atoms with Crippen molar-refractivity contribution in [2.45, 2.75) is 28.8 Å². The molecule has 2 heterocycles. The minimum atomic E-state index is -5.04. The molecule has 6 nitrogen and oxygen atoms in total. The number of Topliss-reactive ketones (excluding diaryl/α,β-unsaturated/α-hetero) is 1. The number of aromatic nitrogens is 3. The largest absolute Gasteiger partial charge is 0.417 e. The van der Waals surface area contributed by atoms with Crippen LogP contribution in [0.25, 0.3) is 5.78 Å². The van der Waals surface area contributed by atoms with Gasteiger partial charge in [-0.1, -0.05) is 12.1 Å². The van der Waals surface area contributed by atoms with E-state index in [1.807, 2.05) is 0 Å². The van der Waals surface area contributed by atoms with E-state index < -0.39 is 32.3 Å². The van der Waals surface area contributed by atoms with E-state index in [4.69, 9.17) is 0 Å². The molecular weight excluding hydrogens is 462 g/mol. The average Bonchev–Trinajstić information content (AvgIpc) is 3.25. The Balaban J connectivity index is 1.52. The number of carbonyl (C=O) groups is 1. The van der Waals surface area contributed by atoms with Crippen molar-refractivity contribution < 1.29 is 30.8 Å². The molecule has 0 spiro atoms. The Labute approximate surface area is 185 Å². The molecule has 33 heavy (non-hydrogen) atoms. The summed E-state index contributed by atoms with van der Waals surface area (Å²) in [5.41, 5.74) is -0.564. The molecule has 2 aromatic heterocycles. The minimum Gasteiger partial charge on any atom is -0.294 e. The molecule has 0 unspecified atom stereocenters. The molecule has 0 saturated heterocycles. The zero-order chi connectivity index (χ0) is 23.8. The fourth-order valence-electron chi connectivity index (χ4n) is 3.28. The second-order valence-corrected chi connectivity index (χ2v) is 9.10. The molecule has 0 N–H and O–H groups in total. The van der Waals surface area contributed by atoms with Crippen molar-refractivity contribution in [3.05, 3.63) is 89.8 Å². The zero-order valence-corrected chi connectivity index (χ0v) is 17.6. The van der Waals surface area contributed by atoms with Crippen molar-refractivity contribution in [3.63, 3.8) is 0 Å². The van der Waals surface area contributed by atoms with Gasteiger partial charge in [0.1, 0.15) is 5.82 Å². The number of sulfone groups is 1. The van der Waals surface area contributed by atoms with Crippen LogP contribution in [-0.2, 0) is 22.4 Å². The Morgan fingerprint density at radius 2 is 1.76 bits per heavy atom. The van der Waals surface area contributed by atoms with Crippen molar-refractivity contribution in [3.8, 4) is 0 Å². The third-order valence-corrected chi connectivity index (χ3v) is 6.81. The third-order valence-electron chi connectivity index (χ3n) is 4.98. The number of fused-ring (bicyclic) bond motifs is 1. The fraction of sp³-hybridized carbons (Fsp3) is 0.136. The Kier molecular flexibility index (Phi) is 5.75. The van der Waals surface area contributed by atoms with Crippen LogP contribution in [0.3, 0.4) is 0 Å². The molecule has 0 saturated carbocycles. The second kappa shape index (κ2) is 8.39. The van der Waals surface area contributed by atoms with Gasteiger partial charge in [-0.15, -0.1) is 0 Å². The molecule has 0 atom stereocenters. The Hall–Kier alpha value is -3.60. The molecule has 0 aliphatic heterocycles. The van der Waals surface area contributed by atoms with Gasteiger partial charge < -0.3 is 0 Å². The van der Waals surface area contributed by atoms with Crippen LogP contribution in [0.2, 0.25) is 0 Å². The van der Waals surface area contributed by atoms with E-state index in [9.17, 15) is 30.8 Å². The number of ketones is 1. The van der Waals surface area contributed by atoms with Crippen LogP contribution < -0.4 is 0 Å². The van der Waals surface area contributed by atoms with Crippen molar-refractivity contribution in [2.75, 3.05) is 0 Å². The van der Waals surface area contributed by atoms with Gasteiger partial charge in [0, 0.05) is 31.2 Å². The van der Waals surface area contributed by atoms with Crippen LogP contribution >= 0.6 is 0 Å². The molecule has 2 aromatic carbocycles. The van der Waals surface area contributed by atoms with Gasteiger partial charge in [-0.25, -0.2) is 22.8 Å². The molecule has 0 radical (unpaired) electrons. The standard InChI is InChI=1S/C22H15F4N3O3S/c23-16-4-8-20(18(11-16)22(24,25)26)33(31,32)17-5-1-14(2-6-17)3-7-19(30)15-12-28-21-27-9-10-29(21)13-15/h1-2,4-6,8-13H,3,7H2. The van der Waals surface area contributed by atoms with Crippen LogP contribution in [0.15, 0.2) is 77.0 Å². The highest BCUT2D eigenvalue weighted by Crippen LogP contribution is 2.36. The SMILES string of the molecule is O=C(CCc1ccc(S(=O)(=O)c2ccc(F)cc2C(F)(F)F)cc1)c1cnc2nccn2c1. The molecule has 0 fully saturated rings.